The molecule has 2 aromatic rings. The van der Waals surface area contributed by atoms with Gasteiger partial charge in [-0.15, -0.1) is 5.10 Å². The molecule has 0 amide bonds. The van der Waals surface area contributed by atoms with Crippen molar-refractivity contribution < 1.29 is 0 Å². The predicted molar refractivity (Wildman–Crippen MR) is 72.3 cm³/mol. The zero-order chi connectivity index (χ0) is 13.9. The van der Waals surface area contributed by atoms with Gasteiger partial charge in [-0.05, 0) is 24.3 Å². The zero-order valence-electron chi connectivity index (χ0n) is 11.1. The second kappa shape index (κ2) is 5.13. The van der Waals surface area contributed by atoms with Gasteiger partial charge in [0.15, 0.2) is 0 Å². The SMILES string of the molecule is Cc1nc(N2CCN(c3nn[nH]n3)CC2)ccc1C#N. The molecular formula is C12H14N8. The van der Waals surface area contributed by atoms with E-state index in [4.69, 9.17) is 5.26 Å². The van der Waals surface area contributed by atoms with Crippen LogP contribution in [0.2, 0.25) is 0 Å². The quantitative estimate of drug-likeness (QED) is 0.826. The van der Waals surface area contributed by atoms with Gasteiger partial charge < -0.3 is 9.80 Å². The highest BCUT2D eigenvalue weighted by molar-refractivity contribution is 5.46. The second-order valence-corrected chi connectivity index (χ2v) is 4.60. The van der Waals surface area contributed by atoms with Crippen LogP contribution >= 0.6 is 0 Å². The first-order chi connectivity index (χ1) is 9.78. The number of pyridine rings is 1. The lowest BCUT2D eigenvalue weighted by molar-refractivity contribution is 0.634. The highest BCUT2D eigenvalue weighted by Crippen LogP contribution is 2.17. The Labute approximate surface area is 116 Å². The fourth-order valence-electron chi connectivity index (χ4n) is 2.27. The van der Waals surface area contributed by atoms with E-state index in [2.05, 4.69) is 41.5 Å². The van der Waals surface area contributed by atoms with Crippen LogP contribution in [0.15, 0.2) is 12.1 Å². The van der Waals surface area contributed by atoms with Crippen molar-refractivity contribution in [1.29, 1.82) is 5.26 Å². The van der Waals surface area contributed by atoms with E-state index in [-0.39, 0.29) is 0 Å². The third-order valence-corrected chi connectivity index (χ3v) is 3.41. The van der Waals surface area contributed by atoms with Crippen LogP contribution in [0.1, 0.15) is 11.3 Å². The Morgan fingerprint density at radius 2 is 1.95 bits per heavy atom. The number of nitrogens with one attached hydrogen (secondary N) is 1. The molecule has 0 unspecified atom stereocenters. The van der Waals surface area contributed by atoms with Crippen LogP contribution < -0.4 is 9.80 Å². The first kappa shape index (κ1) is 12.3. The molecule has 1 saturated heterocycles. The molecule has 0 spiro atoms. The maximum atomic E-state index is 8.93. The molecule has 0 bridgehead atoms. The van der Waals surface area contributed by atoms with Crippen molar-refractivity contribution in [1.82, 2.24) is 25.6 Å². The Hall–Kier alpha value is -2.69. The van der Waals surface area contributed by atoms with Crippen molar-refractivity contribution in [2.24, 2.45) is 0 Å². The molecular weight excluding hydrogens is 256 g/mol. The molecule has 3 heterocycles. The summed E-state index contributed by atoms with van der Waals surface area (Å²) in [5.74, 6) is 1.54. The predicted octanol–water partition coefficient (Wildman–Crippen LogP) is 0.101. The number of aryl methyl sites for hydroxylation is 1. The van der Waals surface area contributed by atoms with Gasteiger partial charge in [0.2, 0.25) is 0 Å². The Bertz CT molecular complexity index is 621. The van der Waals surface area contributed by atoms with Crippen LogP contribution in [0.3, 0.4) is 0 Å². The molecule has 8 heteroatoms. The van der Waals surface area contributed by atoms with Crippen molar-refractivity contribution in [3.63, 3.8) is 0 Å². The average molecular weight is 270 g/mol. The van der Waals surface area contributed by atoms with Crippen LogP contribution in [0.4, 0.5) is 11.8 Å². The normalized spacial score (nSPS) is 15.2. The highest BCUT2D eigenvalue weighted by Gasteiger charge is 2.20. The summed E-state index contributed by atoms with van der Waals surface area (Å²) in [6.07, 6.45) is 0. The zero-order valence-corrected chi connectivity index (χ0v) is 11.1. The van der Waals surface area contributed by atoms with Crippen molar-refractivity contribution in [2.75, 3.05) is 36.0 Å². The number of piperazine rings is 1. The number of nitrogens with zero attached hydrogens (tertiary/aromatic N) is 7. The third kappa shape index (κ3) is 2.25. The summed E-state index contributed by atoms with van der Waals surface area (Å²) in [6.45, 7) is 5.18. The summed E-state index contributed by atoms with van der Waals surface area (Å²) in [7, 11) is 0. The Morgan fingerprint density at radius 1 is 1.20 bits per heavy atom. The number of nitriles is 1. The van der Waals surface area contributed by atoms with Gasteiger partial charge in [0.05, 0.1) is 11.3 Å². The number of H-pyrrole nitrogens is 1. The van der Waals surface area contributed by atoms with Crippen molar-refractivity contribution >= 4 is 11.8 Å². The van der Waals surface area contributed by atoms with Crippen molar-refractivity contribution in [3.05, 3.63) is 23.4 Å². The minimum absolute atomic E-state index is 0.624. The molecule has 0 aliphatic carbocycles. The average Bonchev–Trinajstić information content (AvgIpc) is 3.01. The lowest BCUT2D eigenvalue weighted by atomic mass is 10.2. The summed E-state index contributed by atoms with van der Waals surface area (Å²) in [6, 6.07) is 5.86. The fraction of sp³-hybridized carbons (Fsp3) is 0.417. The molecule has 0 radical (unpaired) electrons. The molecule has 1 aliphatic heterocycles. The second-order valence-electron chi connectivity index (χ2n) is 4.60. The molecule has 1 N–H and O–H groups in total. The topological polar surface area (TPSA) is 97.6 Å². The van der Waals surface area contributed by atoms with Crippen LogP contribution in [0.5, 0.6) is 0 Å². The minimum Gasteiger partial charge on any atom is -0.353 e. The Morgan fingerprint density at radius 3 is 2.55 bits per heavy atom. The van der Waals surface area contributed by atoms with Gasteiger partial charge >= 0.3 is 0 Å². The van der Waals surface area contributed by atoms with E-state index in [0.29, 0.717) is 11.5 Å². The molecule has 8 nitrogen and oxygen atoms in total. The van der Waals surface area contributed by atoms with Crippen LogP contribution in [-0.4, -0.2) is 51.8 Å². The number of rotatable bonds is 2. The van der Waals surface area contributed by atoms with Gasteiger partial charge in [-0.1, -0.05) is 5.10 Å². The molecule has 2 aromatic heterocycles. The van der Waals surface area contributed by atoms with E-state index in [1.165, 1.54) is 0 Å². The highest BCUT2D eigenvalue weighted by atomic mass is 15.5. The number of aromatic nitrogens is 5. The maximum Gasteiger partial charge on any atom is 0.265 e. The molecule has 102 valence electrons. The van der Waals surface area contributed by atoms with E-state index in [9.17, 15) is 0 Å². The maximum absolute atomic E-state index is 8.93. The molecule has 0 atom stereocenters. The van der Waals surface area contributed by atoms with E-state index in [1.807, 2.05) is 19.1 Å². The standard InChI is InChI=1S/C12H14N8/c1-9-10(8-13)2-3-11(14-9)19-4-6-20(7-5-19)12-15-17-18-16-12/h2-3H,4-7H2,1H3,(H,15,16,17,18). The van der Waals surface area contributed by atoms with Crippen LogP contribution in [0.25, 0.3) is 0 Å². The van der Waals surface area contributed by atoms with E-state index < -0.39 is 0 Å². The van der Waals surface area contributed by atoms with Crippen LogP contribution in [-0.2, 0) is 0 Å². The summed E-state index contributed by atoms with van der Waals surface area (Å²) in [5, 5.41) is 22.9. The third-order valence-electron chi connectivity index (χ3n) is 3.41. The first-order valence-corrected chi connectivity index (χ1v) is 6.39. The molecule has 0 aromatic carbocycles. The fourth-order valence-corrected chi connectivity index (χ4v) is 2.27. The summed E-state index contributed by atoms with van der Waals surface area (Å²) < 4.78 is 0. The molecule has 1 aliphatic rings. The summed E-state index contributed by atoms with van der Waals surface area (Å²) in [4.78, 5) is 8.77. The van der Waals surface area contributed by atoms with E-state index in [0.717, 1.165) is 37.7 Å². The lowest BCUT2D eigenvalue weighted by Gasteiger charge is -2.34. The van der Waals surface area contributed by atoms with E-state index in [1.54, 1.807) is 0 Å². The lowest BCUT2D eigenvalue weighted by Crippen LogP contribution is -2.47. The largest absolute Gasteiger partial charge is 0.353 e. The summed E-state index contributed by atoms with van der Waals surface area (Å²) >= 11 is 0. The molecule has 0 saturated carbocycles. The summed E-state index contributed by atoms with van der Waals surface area (Å²) in [5.41, 5.74) is 1.39. The van der Waals surface area contributed by atoms with Gasteiger partial charge in [0.1, 0.15) is 11.9 Å². The molecule has 20 heavy (non-hydrogen) atoms. The van der Waals surface area contributed by atoms with Crippen molar-refractivity contribution in [3.8, 4) is 6.07 Å². The van der Waals surface area contributed by atoms with Gasteiger partial charge in [-0.3, -0.25) is 0 Å². The smallest absolute Gasteiger partial charge is 0.265 e. The van der Waals surface area contributed by atoms with Crippen LogP contribution in [0, 0.1) is 18.3 Å². The number of hydrogen-bond donors (Lipinski definition) is 1. The minimum atomic E-state index is 0.624. The monoisotopic (exact) mass is 270 g/mol. The molecule has 3 rings (SSSR count). The molecule has 1 fully saturated rings. The van der Waals surface area contributed by atoms with Gasteiger partial charge in [0.25, 0.3) is 5.95 Å². The number of anilines is 2. The number of aromatic amines is 1. The first-order valence-electron chi connectivity index (χ1n) is 6.39. The van der Waals surface area contributed by atoms with Gasteiger partial charge in [0, 0.05) is 26.2 Å². The van der Waals surface area contributed by atoms with E-state index >= 15 is 0 Å². The van der Waals surface area contributed by atoms with Gasteiger partial charge in [-0.25, -0.2) is 4.98 Å². The Balaban J connectivity index is 1.69. The van der Waals surface area contributed by atoms with Crippen molar-refractivity contribution in [2.45, 2.75) is 6.92 Å². The number of hydrogen-bond acceptors (Lipinski definition) is 7. The Kier molecular flexibility index (Phi) is 3.16. The van der Waals surface area contributed by atoms with Gasteiger partial charge in [-0.2, -0.15) is 10.5 Å². The number of tetrazole rings is 1.